The van der Waals surface area contributed by atoms with Crippen LogP contribution in [0.2, 0.25) is 0 Å². The van der Waals surface area contributed by atoms with Crippen molar-refractivity contribution in [2.24, 2.45) is 5.92 Å². The first-order valence-electron chi connectivity index (χ1n) is 7.09. The number of ether oxygens (including phenoxy) is 1. The van der Waals surface area contributed by atoms with Gasteiger partial charge in [-0.25, -0.2) is 0 Å². The quantitative estimate of drug-likeness (QED) is 0.878. The molecule has 0 aliphatic carbocycles. The molecular weight excluding hydrogens is 222 g/mol. The minimum atomic E-state index is 0.389. The highest BCUT2D eigenvalue weighted by Crippen LogP contribution is 2.24. The average molecular weight is 247 g/mol. The minimum absolute atomic E-state index is 0.389. The molecule has 0 saturated carbocycles. The SMILES string of the molecule is CC1CC(NC(c2ccccc2)C(C)C)CCO1. The van der Waals surface area contributed by atoms with E-state index in [0.29, 0.717) is 24.1 Å². The zero-order chi connectivity index (χ0) is 13.0. The molecule has 0 radical (unpaired) electrons. The van der Waals surface area contributed by atoms with Gasteiger partial charge in [-0.15, -0.1) is 0 Å². The molecule has 1 aromatic carbocycles. The van der Waals surface area contributed by atoms with Crippen LogP contribution in [0.3, 0.4) is 0 Å². The maximum atomic E-state index is 5.62. The monoisotopic (exact) mass is 247 g/mol. The molecule has 1 saturated heterocycles. The van der Waals surface area contributed by atoms with E-state index in [1.54, 1.807) is 0 Å². The third-order valence-corrected chi connectivity index (χ3v) is 3.73. The van der Waals surface area contributed by atoms with Crippen LogP contribution in [-0.2, 0) is 4.74 Å². The Labute approximate surface area is 111 Å². The molecular formula is C16H25NO. The Morgan fingerprint density at radius 2 is 1.94 bits per heavy atom. The molecule has 1 aliphatic heterocycles. The molecule has 18 heavy (non-hydrogen) atoms. The highest BCUT2D eigenvalue weighted by atomic mass is 16.5. The predicted molar refractivity (Wildman–Crippen MR) is 75.6 cm³/mol. The van der Waals surface area contributed by atoms with Gasteiger partial charge in [-0.3, -0.25) is 0 Å². The molecule has 0 aromatic heterocycles. The van der Waals surface area contributed by atoms with Crippen LogP contribution in [0.15, 0.2) is 30.3 Å². The topological polar surface area (TPSA) is 21.3 Å². The summed E-state index contributed by atoms with van der Waals surface area (Å²) in [4.78, 5) is 0. The summed E-state index contributed by atoms with van der Waals surface area (Å²) in [6.07, 6.45) is 2.64. The third-order valence-electron chi connectivity index (χ3n) is 3.73. The van der Waals surface area contributed by atoms with E-state index in [-0.39, 0.29) is 0 Å². The molecule has 1 fully saturated rings. The Bertz CT molecular complexity index is 349. The molecule has 0 spiro atoms. The first-order chi connectivity index (χ1) is 8.66. The van der Waals surface area contributed by atoms with Gasteiger partial charge in [0.25, 0.3) is 0 Å². The Kier molecular flexibility index (Phi) is 4.79. The molecule has 1 heterocycles. The maximum Gasteiger partial charge on any atom is 0.0561 e. The van der Waals surface area contributed by atoms with Crippen LogP contribution in [0.1, 0.15) is 45.2 Å². The minimum Gasteiger partial charge on any atom is -0.378 e. The van der Waals surface area contributed by atoms with E-state index in [9.17, 15) is 0 Å². The molecule has 1 N–H and O–H groups in total. The number of rotatable bonds is 4. The van der Waals surface area contributed by atoms with Crippen molar-refractivity contribution in [3.63, 3.8) is 0 Å². The predicted octanol–water partition coefficient (Wildman–Crippen LogP) is 3.54. The summed E-state index contributed by atoms with van der Waals surface area (Å²) in [5, 5.41) is 3.82. The summed E-state index contributed by atoms with van der Waals surface area (Å²) in [6, 6.07) is 11.8. The Balaban J connectivity index is 2.03. The smallest absolute Gasteiger partial charge is 0.0561 e. The lowest BCUT2D eigenvalue weighted by molar-refractivity contribution is 0.0100. The van der Waals surface area contributed by atoms with Crippen LogP contribution in [-0.4, -0.2) is 18.8 Å². The molecule has 3 unspecified atom stereocenters. The van der Waals surface area contributed by atoms with Gasteiger partial charge in [-0.05, 0) is 31.2 Å². The number of benzene rings is 1. The van der Waals surface area contributed by atoms with Crippen LogP contribution in [0, 0.1) is 5.92 Å². The van der Waals surface area contributed by atoms with Crippen LogP contribution in [0.5, 0.6) is 0 Å². The average Bonchev–Trinajstić information content (AvgIpc) is 2.37. The van der Waals surface area contributed by atoms with Crippen LogP contribution >= 0.6 is 0 Å². The van der Waals surface area contributed by atoms with Gasteiger partial charge in [0.15, 0.2) is 0 Å². The summed E-state index contributed by atoms with van der Waals surface area (Å²) < 4.78 is 5.62. The van der Waals surface area contributed by atoms with E-state index in [0.717, 1.165) is 19.4 Å². The second kappa shape index (κ2) is 6.35. The second-order valence-electron chi connectivity index (χ2n) is 5.70. The van der Waals surface area contributed by atoms with Gasteiger partial charge in [-0.1, -0.05) is 44.2 Å². The van der Waals surface area contributed by atoms with Gasteiger partial charge in [0, 0.05) is 18.7 Å². The fourth-order valence-corrected chi connectivity index (χ4v) is 2.74. The van der Waals surface area contributed by atoms with Crippen molar-refractivity contribution < 1.29 is 4.74 Å². The summed E-state index contributed by atoms with van der Waals surface area (Å²) in [5.74, 6) is 0.602. The van der Waals surface area contributed by atoms with Crippen molar-refractivity contribution in [3.8, 4) is 0 Å². The Morgan fingerprint density at radius 3 is 2.56 bits per heavy atom. The highest BCUT2D eigenvalue weighted by molar-refractivity contribution is 5.19. The van der Waals surface area contributed by atoms with E-state index in [4.69, 9.17) is 4.74 Å². The molecule has 2 rings (SSSR count). The second-order valence-corrected chi connectivity index (χ2v) is 5.70. The summed E-state index contributed by atoms with van der Waals surface area (Å²) in [7, 11) is 0. The molecule has 100 valence electrons. The zero-order valence-electron chi connectivity index (χ0n) is 11.7. The van der Waals surface area contributed by atoms with Crippen molar-refractivity contribution in [1.29, 1.82) is 0 Å². The van der Waals surface area contributed by atoms with E-state index >= 15 is 0 Å². The molecule has 2 nitrogen and oxygen atoms in total. The number of nitrogens with one attached hydrogen (secondary N) is 1. The van der Waals surface area contributed by atoms with Crippen molar-refractivity contribution in [2.75, 3.05) is 6.61 Å². The van der Waals surface area contributed by atoms with Crippen molar-refractivity contribution in [3.05, 3.63) is 35.9 Å². The normalized spacial score (nSPS) is 26.2. The van der Waals surface area contributed by atoms with E-state index in [1.807, 2.05) is 0 Å². The number of hydrogen-bond donors (Lipinski definition) is 1. The van der Waals surface area contributed by atoms with Gasteiger partial charge in [0.05, 0.1) is 6.10 Å². The Morgan fingerprint density at radius 1 is 1.22 bits per heavy atom. The number of hydrogen-bond acceptors (Lipinski definition) is 2. The largest absolute Gasteiger partial charge is 0.378 e. The molecule has 3 atom stereocenters. The van der Waals surface area contributed by atoms with Gasteiger partial charge in [0.1, 0.15) is 0 Å². The molecule has 0 bridgehead atoms. The van der Waals surface area contributed by atoms with Gasteiger partial charge >= 0.3 is 0 Å². The summed E-state index contributed by atoms with van der Waals surface area (Å²) >= 11 is 0. The maximum absolute atomic E-state index is 5.62. The van der Waals surface area contributed by atoms with Gasteiger partial charge in [0.2, 0.25) is 0 Å². The van der Waals surface area contributed by atoms with E-state index in [1.165, 1.54) is 5.56 Å². The standard InChI is InChI=1S/C16H25NO/c1-12(2)16(14-7-5-4-6-8-14)17-15-9-10-18-13(3)11-15/h4-8,12-13,15-17H,9-11H2,1-3H3. The molecule has 1 aromatic rings. The molecule has 2 heteroatoms. The first kappa shape index (κ1) is 13.6. The van der Waals surface area contributed by atoms with Crippen molar-refractivity contribution in [1.82, 2.24) is 5.32 Å². The fourth-order valence-electron chi connectivity index (χ4n) is 2.74. The van der Waals surface area contributed by atoms with Crippen LogP contribution in [0.4, 0.5) is 0 Å². The lowest BCUT2D eigenvalue weighted by Gasteiger charge is -2.33. The van der Waals surface area contributed by atoms with Gasteiger partial charge in [-0.2, -0.15) is 0 Å². The summed E-state index contributed by atoms with van der Waals surface area (Å²) in [5.41, 5.74) is 1.40. The fraction of sp³-hybridized carbons (Fsp3) is 0.625. The van der Waals surface area contributed by atoms with Gasteiger partial charge < -0.3 is 10.1 Å². The highest BCUT2D eigenvalue weighted by Gasteiger charge is 2.24. The zero-order valence-corrected chi connectivity index (χ0v) is 11.7. The van der Waals surface area contributed by atoms with E-state index < -0.39 is 0 Å². The lowest BCUT2D eigenvalue weighted by atomic mass is 9.93. The lowest BCUT2D eigenvalue weighted by Crippen LogP contribution is -2.41. The van der Waals surface area contributed by atoms with Crippen LogP contribution < -0.4 is 5.32 Å². The van der Waals surface area contributed by atoms with Crippen molar-refractivity contribution in [2.45, 2.75) is 51.8 Å². The Hall–Kier alpha value is -0.860. The third kappa shape index (κ3) is 3.56. The van der Waals surface area contributed by atoms with Crippen molar-refractivity contribution >= 4 is 0 Å². The first-order valence-corrected chi connectivity index (χ1v) is 7.09. The summed E-state index contributed by atoms with van der Waals surface area (Å²) in [6.45, 7) is 7.63. The van der Waals surface area contributed by atoms with Crippen LogP contribution in [0.25, 0.3) is 0 Å². The van der Waals surface area contributed by atoms with E-state index in [2.05, 4.69) is 56.4 Å². The molecule has 1 aliphatic rings. The molecule has 0 amide bonds.